The lowest BCUT2D eigenvalue weighted by molar-refractivity contribution is -0.552. The van der Waals surface area contributed by atoms with Gasteiger partial charge in [0.1, 0.15) is 0 Å². The average Bonchev–Trinajstić information content (AvgIpc) is 2.47. The van der Waals surface area contributed by atoms with Gasteiger partial charge in [0, 0.05) is 12.8 Å². The Kier molecular flexibility index (Phi) is 7.95. The minimum absolute atomic E-state index is 0.106. The Bertz CT molecular complexity index is 379. The van der Waals surface area contributed by atoms with E-state index >= 15 is 0 Å². The standard InChI is InChI=1S/C21H42O4/c1-10-13-19(6,7)22-24-21(25-23-20(8,9)14-11-2)15-12-17(3)18(4,5)16-21/h17H,10-16H2,1-9H3. The molecular weight excluding hydrogens is 316 g/mol. The van der Waals surface area contributed by atoms with E-state index in [0.29, 0.717) is 5.92 Å². The Balaban J connectivity index is 2.87. The highest BCUT2D eigenvalue weighted by molar-refractivity contribution is 4.89. The van der Waals surface area contributed by atoms with E-state index in [9.17, 15) is 0 Å². The fourth-order valence-corrected chi connectivity index (χ4v) is 3.61. The summed E-state index contributed by atoms with van der Waals surface area (Å²) in [6, 6.07) is 0. The van der Waals surface area contributed by atoms with Crippen LogP contribution in [0.4, 0.5) is 0 Å². The topological polar surface area (TPSA) is 36.9 Å². The molecule has 0 N–H and O–H groups in total. The zero-order valence-corrected chi connectivity index (χ0v) is 18.2. The molecule has 1 unspecified atom stereocenters. The fourth-order valence-electron chi connectivity index (χ4n) is 3.61. The van der Waals surface area contributed by atoms with E-state index < -0.39 is 5.79 Å². The Morgan fingerprint density at radius 3 is 1.68 bits per heavy atom. The molecule has 0 bridgehead atoms. The van der Waals surface area contributed by atoms with Gasteiger partial charge in [-0.2, -0.15) is 9.78 Å². The summed E-state index contributed by atoms with van der Waals surface area (Å²) in [5.41, 5.74) is -0.566. The second-order valence-corrected chi connectivity index (χ2v) is 9.87. The maximum Gasteiger partial charge on any atom is 0.234 e. The van der Waals surface area contributed by atoms with Gasteiger partial charge in [0.05, 0.1) is 11.2 Å². The van der Waals surface area contributed by atoms with Crippen molar-refractivity contribution in [2.24, 2.45) is 11.3 Å². The second kappa shape index (κ2) is 8.69. The van der Waals surface area contributed by atoms with Crippen LogP contribution in [0.15, 0.2) is 0 Å². The van der Waals surface area contributed by atoms with Crippen LogP contribution >= 0.6 is 0 Å². The third-order valence-electron chi connectivity index (χ3n) is 5.56. The number of rotatable bonds is 10. The average molecular weight is 359 g/mol. The molecule has 0 radical (unpaired) electrons. The van der Waals surface area contributed by atoms with Crippen LogP contribution in [0, 0.1) is 11.3 Å². The van der Waals surface area contributed by atoms with E-state index in [2.05, 4.69) is 62.3 Å². The Hall–Kier alpha value is -0.160. The van der Waals surface area contributed by atoms with Crippen molar-refractivity contribution in [1.29, 1.82) is 0 Å². The van der Waals surface area contributed by atoms with Crippen LogP contribution in [0.25, 0.3) is 0 Å². The van der Waals surface area contributed by atoms with E-state index in [1.165, 1.54) is 0 Å². The summed E-state index contributed by atoms with van der Waals surface area (Å²) in [5, 5.41) is 0. The maximum atomic E-state index is 6.00. The predicted molar refractivity (Wildman–Crippen MR) is 102 cm³/mol. The van der Waals surface area contributed by atoms with Crippen molar-refractivity contribution >= 4 is 0 Å². The van der Waals surface area contributed by atoms with Crippen molar-refractivity contribution in [3.05, 3.63) is 0 Å². The van der Waals surface area contributed by atoms with Gasteiger partial charge in [-0.15, -0.1) is 0 Å². The highest BCUT2D eigenvalue weighted by Crippen LogP contribution is 2.48. The van der Waals surface area contributed by atoms with Crippen LogP contribution in [0.5, 0.6) is 0 Å². The largest absolute Gasteiger partial charge is 0.234 e. The van der Waals surface area contributed by atoms with Gasteiger partial charge in [-0.05, 0) is 58.3 Å². The number of hydrogen-bond acceptors (Lipinski definition) is 4. The van der Waals surface area contributed by atoms with Gasteiger partial charge in [-0.3, -0.25) is 0 Å². The molecule has 1 fully saturated rings. The number of hydrogen-bond donors (Lipinski definition) is 0. The molecular formula is C21H42O4. The molecule has 4 nitrogen and oxygen atoms in total. The summed E-state index contributed by atoms with van der Waals surface area (Å²) in [6.07, 6.45) is 6.53. The normalized spacial score (nSPS) is 23.6. The van der Waals surface area contributed by atoms with Gasteiger partial charge in [0.15, 0.2) is 0 Å². The summed E-state index contributed by atoms with van der Waals surface area (Å²) in [5.74, 6) is -0.230. The molecule has 0 spiro atoms. The van der Waals surface area contributed by atoms with Crippen molar-refractivity contribution in [1.82, 2.24) is 0 Å². The Morgan fingerprint density at radius 1 is 0.880 bits per heavy atom. The highest BCUT2D eigenvalue weighted by atomic mass is 17.3. The van der Waals surface area contributed by atoms with E-state index in [0.717, 1.165) is 44.9 Å². The van der Waals surface area contributed by atoms with Crippen LogP contribution in [0.1, 0.15) is 107 Å². The molecule has 150 valence electrons. The van der Waals surface area contributed by atoms with E-state index in [-0.39, 0.29) is 16.6 Å². The van der Waals surface area contributed by atoms with Crippen molar-refractivity contribution in [2.75, 3.05) is 0 Å². The van der Waals surface area contributed by atoms with E-state index in [4.69, 9.17) is 19.6 Å². The zero-order chi connectivity index (χ0) is 19.4. The first-order valence-corrected chi connectivity index (χ1v) is 10.1. The molecule has 1 atom stereocenters. The lowest BCUT2D eigenvalue weighted by Crippen LogP contribution is -2.49. The monoisotopic (exact) mass is 358 g/mol. The predicted octanol–water partition coefficient (Wildman–Crippen LogP) is 6.58. The summed E-state index contributed by atoms with van der Waals surface area (Å²) < 4.78 is 0. The van der Waals surface area contributed by atoms with Gasteiger partial charge >= 0.3 is 0 Å². The zero-order valence-electron chi connectivity index (χ0n) is 18.2. The molecule has 1 rings (SSSR count). The smallest absolute Gasteiger partial charge is 0.228 e. The van der Waals surface area contributed by atoms with Crippen LogP contribution in [-0.2, 0) is 19.6 Å². The van der Waals surface area contributed by atoms with E-state index in [1.54, 1.807) is 0 Å². The van der Waals surface area contributed by atoms with Gasteiger partial charge < -0.3 is 0 Å². The first-order valence-electron chi connectivity index (χ1n) is 10.1. The van der Waals surface area contributed by atoms with Crippen LogP contribution in [0.2, 0.25) is 0 Å². The van der Waals surface area contributed by atoms with Crippen LogP contribution in [0.3, 0.4) is 0 Å². The molecule has 25 heavy (non-hydrogen) atoms. The SMILES string of the molecule is CCCC(C)(C)OOC1(OOC(C)(C)CCC)CCC(C)C(C)(C)C1. The van der Waals surface area contributed by atoms with E-state index in [1.807, 2.05) is 0 Å². The minimum Gasteiger partial charge on any atom is -0.228 e. The summed E-state index contributed by atoms with van der Waals surface area (Å²) in [4.78, 5) is 23.7. The lowest BCUT2D eigenvalue weighted by atomic mass is 9.67. The van der Waals surface area contributed by atoms with Gasteiger partial charge in [0.25, 0.3) is 0 Å². The molecule has 1 aliphatic carbocycles. The fraction of sp³-hybridized carbons (Fsp3) is 1.00. The highest BCUT2D eigenvalue weighted by Gasteiger charge is 2.49. The maximum absolute atomic E-state index is 6.00. The molecule has 0 aromatic rings. The second-order valence-electron chi connectivity index (χ2n) is 9.87. The van der Waals surface area contributed by atoms with Crippen LogP contribution in [-0.4, -0.2) is 17.0 Å². The van der Waals surface area contributed by atoms with Gasteiger partial charge in [-0.25, -0.2) is 9.78 Å². The van der Waals surface area contributed by atoms with Crippen molar-refractivity contribution in [3.8, 4) is 0 Å². The molecule has 0 saturated heterocycles. The Labute approximate surface area is 155 Å². The molecule has 0 heterocycles. The van der Waals surface area contributed by atoms with Crippen molar-refractivity contribution < 1.29 is 19.6 Å². The summed E-state index contributed by atoms with van der Waals surface area (Å²) in [6.45, 7) is 19.4. The Morgan fingerprint density at radius 2 is 1.32 bits per heavy atom. The third kappa shape index (κ3) is 7.16. The molecule has 0 aromatic carbocycles. The van der Waals surface area contributed by atoms with Gasteiger partial charge in [-0.1, -0.05) is 47.5 Å². The lowest BCUT2D eigenvalue weighted by Gasteiger charge is -2.47. The molecule has 0 aliphatic heterocycles. The molecule has 0 amide bonds. The molecule has 0 aromatic heterocycles. The van der Waals surface area contributed by atoms with Crippen molar-refractivity contribution in [3.63, 3.8) is 0 Å². The summed E-state index contributed by atoms with van der Waals surface area (Å²) in [7, 11) is 0. The third-order valence-corrected chi connectivity index (χ3v) is 5.56. The van der Waals surface area contributed by atoms with Crippen LogP contribution < -0.4 is 0 Å². The summed E-state index contributed by atoms with van der Waals surface area (Å²) >= 11 is 0. The van der Waals surface area contributed by atoms with Crippen molar-refractivity contribution in [2.45, 2.75) is 124 Å². The minimum atomic E-state index is -0.841. The van der Waals surface area contributed by atoms with Gasteiger partial charge in [0.2, 0.25) is 5.79 Å². The first-order chi connectivity index (χ1) is 11.4. The quantitative estimate of drug-likeness (QED) is 0.251. The molecule has 4 heteroatoms. The first kappa shape index (κ1) is 22.9. The molecule has 1 saturated carbocycles. The molecule has 1 aliphatic rings.